The molecule has 0 aliphatic carbocycles. The normalized spacial score (nSPS) is 12.5. The predicted molar refractivity (Wildman–Crippen MR) is 174 cm³/mol. The van der Waals surface area contributed by atoms with Gasteiger partial charge in [-0.05, 0) is 31.2 Å². The van der Waals surface area contributed by atoms with Crippen LogP contribution >= 0.6 is 0 Å². The van der Waals surface area contributed by atoms with Gasteiger partial charge in [0.15, 0.2) is 12.5 Å². The highest BCUT2D eigenvalue weighted by Gasteiger charge is 2.30. The van der Waals surface area contributed by atoms with Crippen LogP contribution in [0.4, 0.5) is 10.1 Å². The lowest BCUT2D eigenvalue weighted by Crippen LogP contribution is -2.25. The van der Waals surface area contributed by atoms with Crippen molar-refractivity contribution in [3.63, 3.8) is 0 Å². The van der Waals surface area contributed by atoms with Gasteiger partial charge in [0.05, 0.1) is 35.8 Å². The van der Waals surface area contributed by atoms with Crippen LogP contribution in [0.15, 0.2) is 71.1 Å². The maximum Gasteiger partial charge on any atom is 0.255 e. The summed E-state index contributed by atoms with van der Waals surface area (Å²) in [5, 5.41) is 3.57. The molecule has 1 N–H and O–H groups in total. The zero-order valence-corrected chi connectivity index (χ0v) is 26.5. The zero-order chi connectivity index (χ0) is 32.5. The summed E-state index contributed by atoms with van der Waals surface area (Å²) in [7, 11) is 0.665. The molecule has 7 rings (SSSR count). The number of pyridine rings is 1. The standard InChI is InChI=1S/C34H29FN4O6S/c1-18-9-11-19(12-10-18)33-30(34(40)36-2)22-13-21(25(15-27(22)45-33)38(3)46(5,41)42)31-28(43-4)16-29-32(37-31)26-14-20-23(35)7-6-8-24(20)39(26)17-44-29/h6-16H,17H2,1-5H3,(H,36,40). The number of hydrogen-bond acceptors (Lipinski definition) is 7. The number of fused-ring (bicyclic) bond motifs is 6. The number of methoxy groups -OCH3 is 1. The molecule has 234 valence electrons. The van der Waals surface area contributed by atoms with E-state index in [4.69, 9.17) is 18.9 Å². The molecule has 3 aromatic carbocycles. The first-order valence-electron chi connectivity index (χ1n) is 14.3. The van der Waals surface area contributed by atoms with Crippen molar-refractivity contribution in [3.05, 3.63) is 83.7 Å². The van der Waals surface area contributed by atoms with E-state index in [9.17, 15) is 17.6 Å². The van der Waals surface area contributed by atoms with Crippen LogP contribution in [0.5, 0.6) is 11.5 Å². The summed E-state index contributed by atoms with van der Waals surface area (Å²) in [6.07, 6.45) is 1.09. The maximum atomic E-state index is 14.8. The molecule has 12 heteroatoms. The Bertz CT molecular complexity index is 2330. The summed E-state index contributed by atoms with van der Waals surface area (Å²) in [5.74, 6) is 0.315. The molecule has 0 saturated heterocycles. The number of benzene rings is 3. The van der Waals surface area contributed by atoms with Gasteiger partial charge in [-0.25, -0.2) is 17.8 Å². The van der Waals surface area contributed by atoms with Crippen LogP contribution in [-0.4, -0.2) is 51.3 Å². The van der Waals surface area contributed by atoms with Crippen LogP contribution in [0.25, 0.3) is 55.8 Å². The number of carbonyl (C=O) groups is 1. The van der Waals surface area contributed by atoms with Gasteiger partial charge in [0.1, 0.15) is 34.3 Å². The average molecular weight is 641 g/mol. The maximum absolute atomic E-state index is 14.8. The Balaban J connectivity index is 1.54. The molecule has 1 amide bonds. The number of nitrogens with one attached hydrogen (secondary N) is 1. The molecule has 1 aliphatic heterocycles. The van der Waals surface area contributed by atoms with Crippen LogP contribution in [-0.2, 0) is 16.8 Å². The number of ether oxygens (including phenoxy) is 2. The van der Waals surface area contributed by atoms with Crippen LogP contribution in [0.2, 0.25) is 0 Å². The number of rotatable bonds is 6. The molecule has 4 heterocycles. The van der Waals surface area contributed by atoms with Gasteiger partial charge in [-0.1, -0.05) is 35.9 Å². The van der Waals surface area contributed by atoms with Gasteiger partial charge in [-0.15, -0.1) is 0 Å². The van der Waals surface area contributed by atoms with E-state index in [0.29, 0.717) is 61.6 Å². The van der Waals surface area contributed by atoms with Gasteiger partial charge in [-0.2, -0.15) is 0 Å². The molecule has 0 spiro atoms. The SMILES string of the molecule is CNC(=O)c1c(-c2ccc(C)cc2)oc2cc(N(C)S(C)(=O)=O)c(-c3nc4c(cc3OC)OCn3c-4cc4c(F)cccc43)cc12. The highest BCUT2D eigenvalue weighted by atomic mass is 32.2. The van der Waals surface area contributed by atoms with Crippen molar-refractivity contribution in [1.82, 2.24) is 14.9 Å². The van der Waals surface area contributed by atoms with Gasteiger partial charge >= 0.3 is 0 Å². The molecular weight excluding hydrogens is 611 g/mol. The van der Waals surface area contributed by atoms with Gasteiger partial charge in [0.2, 0.25) is 10.0 Å². The van der Waals surface area contributed by atoms with Crippen LogP contribution < -0.4 is 19.1 Å². The van der Waals surface area contributed by atoms with Gasteiger partial charge in [0, 0.05) is 48.1 Å². The quantitative estimate of drug-likeness (QED) is 0.226. The Hall–Kier alpha value is -5.36. The van der Waals surface area contributed by atoms with Gasteiger partial charge < -0.3 is 23.8 Å². The Morgan fingerprint density at radius 2 is 1.83 bits per heavy atom. The van der Waals surface area contributed by atoms with Gasteiger partial charge in [0.25, 0.3) is 5.91 Å². The zero-order valence-electron chi connectivity index (χ0n) is 25.6. The molecule has 10 nitrogen and oxygen atoms in total. The lowest BCUT2D eigenvalue weighted by atomic mass is 9.99. The smallest absolute Gasteiger partial charge is 0.255 e. The number of anilines is 1. The highest BCUT2D eigenvalue weighted by molar-refractivity contribution is 7.92. The average Bonchev–Trinajstić information content (AvgIpc) is 3.62. The molecule has 1 aliphatic rings. The van der Waals surface area contributed by atoms with Crippen molar-refractivity contribution in [2.24, 2.45) is 0 Å². The summed E-state index contributed by atoms with van der Waals surface area (Å²) >= 11 is 0. The number of aryl methyl sites for hydroxylation is 1. The Morgan fingerprint density at radius 3 is 2.52 bits per heavy atom. The minimum absolute atomic E-state index is 0.139. The Kier molecular flexibility index (Phi) is 6.78. The molecule has 3 aromatic heterocycles. The lowest BCUT2D eigenvalue weighted by molar-refractivity contribution is 0.0964. The van der Waals surface area contributed by atoms with E-state index in [2.05, 4.69) is 5.32 Å². The molecular formula is C34H29FN4O6S. The van der Waals surface area contributed by atoms with E-state index in [0.717, 1.165) is 16.1 Å². The highest BCUT2D eigenvalue weighted by Crippen LogP contribution is 2.47. The largest absolute Gasteiger partial charge is 0.494 e. The summed E-state index contributed by atoms with van der Waals surface area (Å²) < 4.78 is 61.7. The summed E-state index contributed by atoms with van der Waals surface area (Å²) in [6, 6.07) is 19.1. The summed E-state index contributed by atoms with van der Waals surface area (Å²) in [5.41, 5.74) is 4.90. The number of aromatic nitrogens is 2. The van der Waals surface area contributed by atoms with E-state index in [1.165, 1.54) is 27.3 Å². The monoisotopic (exact) mass is 640 g/mol. The molecule has 6 aromatic rings. The molecule has 0 bridgehead atoms. The first-order chi connectivity index (χ1) is 22.0. The number of carbonyl (C=O) groups excluding carboxylic acids is 1. The van der Waals surface area contributed by atoms with Crippen LogP contribution in [0.3, 0.4) is 0 Å². The molecule has 0 fully saturated rings. The van der Waals surface area contributed by atoms with Crippen molar-refractivity contribution < 1.29 is 31.5 Å². The van der Waals surface area contributed by atoms with Crippen molar-refractivity contribution in [1.29, 1.82) is 0 Å². The van der Waals surface area contributed by atoms with E-state index in [1.54, 1.807) is 36.4 Å². The van der Waals surface area contributed by atoms with Crippen LogP contribution in [0.1, 0.15) is 15.9 Å². The third-order valence-electron chi connectivity index (χ3n) is 8.32. The molecule has 0 radical (unpaired) electrons. The third kappa shape index (κ3) is 4.55. The van der Waals surface area contributed by atoms with Gasteiger partial charge in [-0.3, -0.25) is 9.10 Å². The van der Waals surface area contributed by atoms with E-state index in [-0.39, 0.29) is 35.4 Å². The van der Waals surface area contributed by atoms with E-state index < -0.39 is 10.0 Å². The fraction of sp³-hybridized carbons (Fsp3) is 0.176. The first-order valence-corrected chi connectivity index (χ1v) is 16.2. The topological polar surface area (TPSA) is 116 Å². The minimum atomic E-state index is -3.77. The van der Waals surface area contributed by atoms with E-state index in [1.807, 2.05) is 35.8 Å². The number of halogens is 1. The molecule has 0 saturated carbocycles. The summed E-state index contributed by atoms with van der Waals surface area (Å²) in [6.45, 7) is 2.10. The van der Waals surface area contributed by atoms with Crippen molar-refractivity contribution >= 4 is 43.5 Å². The number of furan rings is 1. The van der Waals surface area contributed by atoms with Crippen molar-refractivity contribution in [2.45, 2.75) is 13.7 Å². The fourth-order valence-corrected chi connectivity index (χ4v) is 6.37. The van der Waals surface area contributed by atoms with Crippen molar-refractivity contribution in [2.75, 3.05) is 31.8 Å². The Labute approximate surface area is 264 Å². The number of sulfonamides is 1. The lowest BCUT2D eigenvalue weighted by Gasteiger charge is -2.24. The van der Waals surface area contributed by atoms with Crippen LogP contribution in [0, 0.1) is 12.7 Å². The molecule has 0 unspecified atom stereocenters. The predicted octanol–water partition coefficient (Wildman–Crippen LogP) is 6.34. The second-order valence-electron chi connectivity index (χ2n) is 11.1. The van der Waals surface area contributed by atoms with Crippen molar-refractivity contribution in [3.8, 4) is 45.5 Å². The Morgan fingerprint density at radius 1 is 1.07 bits per heavy atom. The fourth-order valence-electron chi connectivity index (χ4n) is 5.86. The second-order valence-corrected chi connectivity index (χ2v) is 13.2. The number of hydrogen-bond donors (Lipinski definition) is 1. The van der Waals surface area contributed by atoms with E-state index >= 15 is 0 Å². The minimum Gasteiger partial charge on any atom is -0.494 e. The third-order valence-corrected chi connectivity index (χ3v) is 9.51. The number of nitrogens with zero attached hydrogens (tertiary/aromatic N) is 3. The second kappa shape index (κ2) is 10.6. The summed E-state index contributed by atoms with van der Waals surface area (Å²) in [4.78, 5) is 18.3. The molecule has 46 heavy (non-hydrogen) atoms. The first kappa shape index (κ1) is 29.4. The molecule has 0 atom stereocenters. The number of amides is 1.